The SMILES string of the molecule is CC(=N)SC(=N)N1CCc2c(c(N3CCCc4cc(-c5cn[nH]c5)ccc43)nn2C2CCCCC2)C1. The summed E-state index contributed by atoms with van der Waals surface area (Å²) in [5.41, 5.74) is 7.55. The molecule has 3 aromatic rings. The lowest BCUT2D eigenvalue weighted by Gasteiger charge is -2.33. The van der Waals surface area contributed by atoms with E-state index in [2.05, 4.69) is 42.9 Å². The van der Waals surface area contributed by atoms with Crippen LogP contribution in [-0.4, -0.2) is 48.2 Å². The van der Waals surface area contributed by atoms with E-state index >= 15 is 0 Å². The number of H-pyrrole nitrogens is 1. The minimum absolute atomic E-state index is 0.460. The van der Waals surface area contributed by atoms with Gasteiger partial charge in [-0.25, -0.2) is 0 Å². The van der Waals surface area contributed by atoms with Crippen LogP contribution in [0.2, 0.25) is 0 Å². The number of hydrogen-bond acceptors (Lipinski definition) is 6. The first-order valence-electron chi connectivity index (χ1n) is 13.1. The zero-order valence-corrected chi connectivity index (χ0v) is 21.7. The molecule has 0 radical (unpaired) electrons. The van der Waals surface area contributed by atoms with Crippen LogP contribution in [0.4, 0.5) is 11.5 Å². The number of thioether (sulfide) groups is 1. The van der Waals surface area contributed by atoms with Crippen LogP contribution < -0.4 is 4.90 Å². The maximum absolute atomic E-state index is 8.58. The van der Waals surface area contributed by atoms with Crippen molar-refractivity contribution in [1.29, 1.82) is 10.8 Å². The molecule has 4 heterocycles. The summed E-state index contributed by atoms with van der Waals surface area (Å²) in [5.74, 6) is 1.07. The van der Waals surface area contributed by atoms with E-state index in [-0.39, 0.29) is 0 Å². The number of aromatic amines is 1. The minimum Gasteiger partial charge on any atom is -0.346 e. The van der Waals surface area contributed by atoms with Gasteiger partial charge in [-0.2, -0.15) is 10.2 Å². The minimum atomic E-state index is 0.460. The molecular weight excluding hydrogens is 468 g/mol. The molecule has 1 aromatic carbocycles. The van der Waals surface area contributed by atoms with Crippen molar-refractivity contribution in [3.8, 4) is 11.1 Å². The third-order valence-corrected chi connectivity index (χ3v) is 8.57. The molecule has 36 heavy (non-hydrogen) atoms. The summed E-state index contributed by atoms with van der Waals surface area (Å²) in [4.78, 5) is 4.55. The quantitative estimate of drug-likeness (QED) is 0.306. The Morgan fingerprint density at radius 1 is 1.06 bits per heavy atom. The number of nitrogens with one attached hydrogen (secondary N) is 3. The molecule has 1 fully saturated rings. The molecule has 0 amide bonds. The van der Waals surface area contributed by atoms with Crippen LogP contribution in [0.5, 0.6) is 0 Å². The molecule has 0 saturated heterocycles. The van der Waals surface area contributed by atoms with Gasteiger partial charge in [0.1, 0.15) is 0 Å². The van der Waals surface area contributed by atoms with Crippen molar-refractivity contribution < 1.29 is 0 Å². The number of rotatable bonds is 3. The van der Waals surface area contributed by atoms with Crippen molar-refractivity contribution in [2.24, 2.45) is 0 Å². The summed E-state index contributed by atoms with van der Waals surface area (Å²) in [6, 6.07) is 7.23. The van der Waals surface area contributed by atoms with Gasteiger partial charge in [0, 0.05) is 48.2 Å². The average molecular weight is 503 g/mol. The molecule has 0 bridgehead atoms. The van der Waals surface area contributed by atoms with E-state index in [9.17, 15) is 0 Å². The highest BCUT2D eigenvalue weighted by atomic mass is 32.2. The lowest BCUT2D eigenvalue weighted by atomic mass is 9.95. The topological polar surface area (TPSA) is 101 Å². The monoisotopic (exact) mass is 502 g/mol. The summed E-state index contributed by atoms with van der Waals surface area (Å²) in [5, 5.41) is 29.7. The van der Waals surface area contributed by atoms with Crippen molar-refractivity contribution in [3.05, 3.63) is 47.4 Å². The highest BCUT2D eigenvalue weighted by Gasteiger charge is 2.33. The van der Waals surface area contributed by atoms with E-state index in [0.717, 1.165) is 43.7 Å². The fourth-order valence-electron chi connectivity index (χ4n) is 6.06. The molecule has 188 valence electrons. The second-order valence-electron chi connectivity index (χ2n) is 10.2. The maximum Gasteiger partial charge on any atom is 0.162 e. The molecule has 1 saturated carbocycles. The zero-order chi connectivity index (χ0) is 24.6. The number of aryl methyl sites for hydroxylation is 1. The van der Waals surface area contributed by atoms with Crippen LogP contribution in [0, 0.1) is 10.8 Å². The molecule has 9 heteroatoms. The van der Waals surface area contributed by atoms with E-state index < -0.39 is 0 Å². The van der Waals surface area contributed by atoms with Crippen LogP contribution in [0.25, 0.3) is 11.1 Å². The van der Waals surface area contributed by atoms with Gasteiger partial charge in [0.15, 0.2) is 11.0 Å². The second-order valence-corrected chi connectivity index (χ2v) is 11.4. The third kappa shape index (κ3) is 4.34. The number of nitrogens with zero attached hydrogens (tertiary/aromatic N) is 5. The Balaban J connectivity index is 1.39. The van der Waals surface area contributed by atoms with E-state index in [1.807, 2.05) is 12.4 Å². The van der Waals surface area contributed by atoms with Gasteiger partial charge in [-0.1, -0.05) is 25.3 Å². The van der Waals surface area contributed by atoms with Crippen molar-refractivity contribution in [1.82, 2.24) is 24.9 Å². The van der Waals surface area contributed by atoms with Gasteiger partial charge < -0.3 is 9.80 Å². The van der Waals surface area contributed by atoms with Gasteiger partial charge in [-0.15, -0.1) is 0 Å². The smallest absolute Gasteiger partial charge is 0.162 e. The van der Waals surface area contributed by atoms with Gasteiger partial charge in [0.2, 0.25) is 0 Å². The number of fused-ring (bicyclic) bond motifs is 2. The third-order valence-electron chi connectivity index (χ3n) is 7.81. The van der Waals surface area contributed by atoms with Crippen LogP contribution in [0.15, 0.2) is 30.6 Å². The number of aromatic nitrogens is 4. The summed E-state index contributed by atoms with van der Waals surface area (Å²) < 4.78 is 2.37. The first kappa shape index (κ1) is 23.3. The summed E-state index contributed by atoms with van der Waals surface area (Å²) in [6.07, 6.45) is 13.2. The Kier molecular flexibility index (Phi) is 6.33. The zero-order valence-electron chi connectivity index (χ0n) is 20.9. The molecule has 8 nitrogen and oxygen atoms in total. The van der Waals surface area contributed by atoms with Gasteiger partial charge in [-0.05, 0) is 67.6 Å². The number of hydrogen-bond donors (Lipinski definition) is 3. The number of amidine groups is 1. The van der Waals surface area contributed by atoms with Gasteiger partial charge in [-0.3, -0.25) is 20.6 Å². The molecule has 0 unspecified atom stereocenters. The van der Waals surface area contributed by atoms with E-state index in [4.69, 9.17) is 15.9 Å². The van der Waals surface area contributed by atoms with Crippen molar-refractivity contribution >= 4 is 33.5 Å². The van der Waals surface area contributed by atoms with Gasteiger partial charge >= 0.3 is 0 Å². The molecule has 1 aliphatic carbocycles. The predicted molar refractivity (Wildman–Crippen MR) is 147 cm³/mol. The molecular formula is C27H34N8S. The molecule has 2 aromatic heterocycles. The molecule has 6 rings (SSSR count). The molecule has 0 atom stereocenters. The van der Waals surface area contributed by atoms with Crippen molar-refractivity contribution in [3.63, 3.8) is 0 Å². The van der Waals surface area contributed by atoms with Crippen molar-refractivity contribution in [2.75, 3.05) is 18.0 Å². The van der Waals surface area contributed by atoms with Gasteiger partial charge in [0.05, 0.1) is 23.8 Å². The first-order valence-corrected chi connectivity index (χ1v) is 14.0. The Hall–Kier alpha value is -3.07. The largest absolute Gasteiger partial charge is 0.346 e. The summed E-state index contributed by atoms with van der Waals surface area (Å²) in [6.45, 7) is 4.21. The average Bonchev–Trinajstić information content (AvgIpc) is 3.56. The van der Waals surface area contributed by atoms with E-state index in [0.29, 0.717) is 22.8 Å². The van der Waals surface area contributed by atoms with E-state index in [1.54, 1.807) is 6.92 Å². The standard InChI is InChI=1S/C27H34N8S/c1-18(28)36-27(29)33-13-11-25-23(17-33)26(32-35(25)22-7-3-2-4-8-22)34-12-5-6-20-14-19(9-10-24(20)34)21-15-30-31-16-21/h9-10,14-16,22,28-29H,2-8,11-13,17H2,1H3,(H,30,31). The fraction of sp³-hybridized carbons (Fsp3) is 0.481. The Morgan fingerprint density at radius 3 is 2.69 bits per heavy atom. The molecule has 3 aliphatic rings. The van der Waals surface area contributed by atoms with Gasteiger partial charge in [0.25, 0.3) is 0 Å². The normalized spacial score (nSPS) is 18.1. The predicted octanol–water partition coefficient (Wildman–Crippen LogP) is 5.89. The van der Waals surface area contributed by atoms with Crippen LogP contribution in [0.1, 0.15) is 68.3 Å². The second kappa shape index (κ2) is 9.76. The summed E-state index contributed by atoms with van der Waals surface area (Å²) in [7, 11) is 0. The molecule has 3 N–H and O–H groups in total. The molecule has 2 aliphatic heterocycles. The first-order chi connectivity index (χ1) is 17.6. The van der Waals surface area contributed by atoms with Crippen LogP contribution in [0.3, 0.4) is 0 Å². The van der Waals surface area contributed by atoms with Crippen molar-refractivity contribution in [2.45, 2.75) is 70.9 Å². The molecule has 0 spiro atoms. The van der Waals surface area contributed by atoms with Crippen LogP contribution in [-0.2, 0) is 19.4 Å². The van der Waals surface area contributed by atoms with E-state index in [1.165, 1.54) is 71.9 Å². The Labute approximate surface area is 216 Å². The highest BCUT2D eigenvalue weighted by molar-refractivity contribution is 8.26. The number of benzene rings is 1. The van der Waals surface area contributed by atoms with Crippen LogP contribution >= 0.6 is 11.8 Å². The number of anilines is 2. The maximum atomic E-state index is 8.58. The summed E-state index contributed by atoms with van der Waals surface area (Å²) >= 11 is 1.24. The lowest BCUT2D eigenvalue weighted by molar-refractivity contribution is 0.311. The Morgan fingerprint density at radius 2 is 1.92 bits per heavy atom. The Bertz CT molecular complexity index is 1270. The fourth-order valence-corrected chi connectivity index (χ4v) is 6.64. The lowest BCUT2D eigenvalue weighted by Crippen LogP contribution is -2.36. The highest BCUT2D eigenvalue weighted by Crippen LogP contribution is 2.41.